The van der Waals surface area contributed by atoms with E-state index in [-0.39, 0.29) is 18.2 Å². The van der Waals surface area contributed by atoms with Crippen molar-refractivity contribution < 1.29 is 19.1 Å². The summed E-state index contributed by atoms with van der Waals surface area (Å²) in [6.45, 7) is 5.17. The summed E-state index contributed by atoms with van der Waals surface area (Å²) in [5, 5.41) is 12.7. The van der Waals surface area contributed by atoms with Crippen molar-refractivity contribution in [1.82, 2.24) is 4.57 Å². The van der Waals surface area contributed by atoms with Gasteiger partial charge in [0.2, 0.25) is 5.91 Å². The maximum absolute atomic E-state index is 13.2. The normalized spacial score (nSPS) is 14.5. The van der Waals surface area contributed by atoms with Gasteiger partial charge in [0, 0.05) is 11.3 Å². The highest BCUT2D eigenvalue weighted by molar-refractivity contribution is 5.94. The third-order valence-electron chi connectivity index (χ3n) is 6.32. The molecule has 0 bridgehead atoms. The Morgan fingerprint density at radius 2 is 1.61 bits per heavy atom. The van der Waals surface area contributed by atoms with Gasteiger partial charge < -0.3 is 14.8 Å². The fourth-order valence-corrected chi connectivity index (χ4v) is 4.79. The molecule has 0 aliphatic carbocycles. The van der Waals surface area contributed by atoms with Crippen LogP contribution >= 0.6 is 0 Å². The van der Waals surface area contributed by atoms with Crippen LogP contribution in [0.5, 0.6) is 0 Å². The Kier molecular flexibility index (Phi) is 6.35. The molecule has 190 valence electrons. The molecule has 1 aromatic heterocycles. The van der Waals surface area contributed by atoms with Crippen LogP contribution in [0.15, 0.2) is 91.0 Å². The quantitative estimate of drug-likeness (QED) is 0.365. The Labute approximate surface area is 221 Å². The molecule has 7 heteroatoms. The molecule has 7 nitrogen and oxygen atoms in total. The summed E-state index contributed by atoms with van der Waals surface area (Å²) < 4.78 is 13.4. The highest BCUT2D eigenvalue weighted by atomic mass is 16.6. The first-order valence-corrected chi connectivity index (χ1v) is 12.3. The van der Waals surface area contributed by atoms with Gasteiger partial charge in [-0.25, -0.2) is 9.36 Å². The molecule has 0 atom stereocenters. The molecule has 1 aliphatic rings. The number of amides is 1. The van der Waals surface area contributed by atoms with Gasteiger partial charge in [-0.15, -0.1) is 0 Å². The first-order chi connectivity index (χ1) is 18.2. The Morgan fingerprint density at radius 3 is 2.18 bits per heavy atom. The van der Waals surface area contributed by atoms with Crippen LogP contribution in [0.3, 0.4) is 0 Å². The SMILES string of the molecule is CC(C)(C)OC(=O)n1c(C#N)ccc1-c1ccc2c(c1)C(c1ccccc1)(c1ccccc1)OCC(=O)N2. The number of ether oxygens (including phenoxy) is 2. The largest absolute Gasteiger partial charge is 0.443 e. The predicted molar refractivity (Wildman–Crippen MR) is 144 cm³/mol. The van der Waals surface area contributed by atoms with Gasteiger partial charge >= 0.3 is 6.09 Å². The standard InChI is InChI=1S/C31H27N3O4/c1-30(2,3)38-29(36)34-24(19-32)15-17-27(34)21-14-16-26-25(18-21)31(37-20-28(35)33-26,22-10-6-4-7-11-22)23-12-8-5-9-13-23/h4-18H,20H2,1-3H3,(H,33,35). The molecule has 4 aromatic rings. The van der Waals surface area contributed by atoms with E-state index in [9.17, 15) is 14.9 Å². The van der Waals surface area contributed by atoms with Crippen molar-refractivity contribution in [3.05, 3.63) is 113 Å². The van der Waals surface area contributed by atoms with E-state index in [0.717, 1.165) is 11.1 Å². The number of hydrogen-bond donors (Lipinski definition) is 1. The van der Waals surface area contributed by atoms with E-state index in [1.165, 1.54) is 4.57 Å². The first-order valence-electron chi connectivity index (χ1n) is 12.3. The summed E-state index contributed by atoms with van der Waals surface area (Å²) >= 11 is 0. The fourth-order valence-electron chi connectivity index (χ4n) is 4.79. The molecule has 3 aromatic carbocycles. The predicted octanol–water partition coefficient (Wildman–Crippen LogP) is 6.07. The van der Waals surface area contributed by atoms with Gasteiger partial charge in [0.1, 0.15) is 29.6 Å². The van der Waals surface area contributed by atoms with Crippen molar-refractivity contribution in [1.29, 1.82) is 5.26 Å². The van der Waals surface area contributed by atoms with Crippen LogP contribution < -0.4 is 5.32 Å². The number of benzene rings is 3. The summed E-state index contributed by atoms with van der Waals surface area (Å²) in [7, 11) is 0. The average molecular weight is 506 g/mol. The van der Waals surface area contributed by atoms with Crippen molar-refractivity contribution in [2.75, 3.05) is 11.9 Å². The molecule has 1 aliphatic heterocycles. The van der Waals surface area contributed by atoms with Crippen LogP contribution in [0.2, 0.25) is 0 Å². The highest BCUT2D eigenvalue weighted by Gasteiger charge is 2.42. The second-order valence-corrected chi connectivity index (χ2v) is 10.0. The number of carbonyl (C=O) groups excluding carboxylic acids is 2. The van der Waals surface area contributed by atoms with Gasteiger partial charge in [-0.05, 0) is 61.7 Å². The number of carbonyl (C=O) groups is 2. The molecule has 1 amide bonds. The number of rotatable bonds is 3. The summed E-state index contributed by atoms with van der Waals surface area (Å²) in [5.74, 6) is -0.267. The number of anilines is 1. The molecule has 0 spiro atoms. The van der Waals surface area contributed by atoms with Gasteiger partial charge in [0.25, 0.3) is 0 Å². The van der Waals surface area contributed by atoms with Gasteiger partial charge in [0.05, 0.1) is 5.69 Å². The molecule has 0 saturated carbocycles. The smallest absolute Gasteiger partial charge is 0.420 e. The van der Waals surface area contributed by atoms with E-state index in [1.54, 1.807) is 39.0 Å². The van der Waals surface area contributed by atoms with E-state index >= 15 is 0 Å². The van der Waals surface area contributed by atoms with Gasteiger partial charge in [-0.2, -0.15) is 5.26 Å². The monoisotopic (exact) mass is 505 g/mol. The number of nitriles is 1. The van der Waals surface area contributed by atoms with Crippen LogP contribution in [0, 0.1) is 11.3 Å². The van der Waals surface area contributed by atoms with Crippen molar-refractivity contribution in [3.63, 3.8) is 0 Å². The molecule has 38 heavy (non-hydrogen) atoms. The third kappa shape index (κ3) is 4.47. The lowest BCUT2D eigenvalue weighted by molar-refractivity contribution is -0.123. The average Bonchev–Trinajstić information content (AvgIpc) is 3.28. The lowest BCUT2D eigenvalue weighted by Gasteiger charge is -2.35. The Bertz CT molecular complexity index is 1500. The molecule has 0 saturated heterocycles. The molecule has 5 rings (SSSR count). The number of nitrogens with one attached hydrogen (secondary N) is 1. The highest BCUT2D eigenvalue weighted by Crippen LogP contribution is 2.46. The zero-order chi connectivity index (χ0) is 26.9. The van der Waals surface area contributed by atoms with Crippen molar-refractivity contribution in [2.45, 2.75) is 32.0 Å². The number of hydrogen-bond acceptors (Lipinski definition) is 5. The molecule has 0 fully saturated rings. The number of aromatic nitrogens is 1. The molecule has 1 N–H and O–H groups in total. The van der Waals surface area contributed by atoms with Crippen LogP contribution in [0.1, 0.15) is 43.2 Å². The number of fused-ring (bicyclic) bond motifs is 1. The zero-order valence-electron chi connectivity index (χ0n) is 21.4. The van der Waals surface area contributed by atoms with Gasteiger partial charge in [-0.3, -0.25) is 4.79 Å². The second kappa shape index (κ2) is 9.66. The van der Waals surface area contributed by atoms with Crippen molar-refractivity contribution in [2.24, 2.45) is 0 Å². The lowest BCUT2D eigenvalue weighted by atomic mass is 9.78. The molecule has 0 unspecified atom stereocenters. The van der Waals surface area contributed by atoms with Gasteiger partial charge in [0.15, 0.2) is 0 Å². The lowest BCUT2D eigenvalue weighted by Crippen LogP contribution is -2.33. The molecule has 0 radical (unpaired) electrons. The minimum atomic E-state index is -1.12. The zero-order valence-corrected chi connectivity index (χ0v) is 21.4. The van der Waals surface area contributed by atoms with Crippen LogP contribution in [-0.2, 0) is 19.9 Å². The van der Waals surface area contributed by atoms with Crippen LogP contribution in [0.4, 0.5) is 10.5 Å². The first kappa shape index (κ1) is 25.0. The van der Waals surface area contributed by atoms with Crippen LogP contribution in [0.25, 0.3) is 11.3 Å². The minimum absolute atomic E-state index is 0.152. The third-order valence-corrected chi connectivity index (χ3v) is 6.32. The molecular weight excluding hydrogens is 478 g/mol. The topological polar surface area (TPSA) is 93.3 Å². The van der Waals surface area contributed by atoms with Crippen molar-refractivity contribution in [3.8, 4) is 17.3 Å². The second-order valence-electron chi connectivity index (χ2n) is 10.0. The van der Waals surface area contributed by atoms with E-state index in [2.05, 4.69) is 11.4 Å². The van der Waals surface area contributed by atoms with E-state index in [4.69, 9.17) is 9.47 Å². The Hall–Kier alpha value is -4.67. The summed E-state index contributed by atoms with van der Waals surface area (Å²) in [6, 6.07) is 30.3. The van der Waals surface area contributed by atoms with E-state index < -0.39 is 17.3 Å². The maximum Gasteiger partial charge on any atom is 0.420 e. The Balaban J connectivity index is 1.77. The summed E-state index contributed by atoms with van der Waals surface area (Å²) in [4.78, 5) is 25.9. The minimum Gasteiger partial charge on any atom is -0.443 e. The molecular formula is C31H27N3O4. The van der Waals surface area contributed by atoms with Gasteiger partial charge in [-0.1, -0.05) is 66.7 Å². The fraction of sp³-hybridized carbons (Fsp3) is 0.194. The van der Waals surface area contributed by atoms with Crippen LogP contribution in [-0.4, -0.2) is 28.8 Å². The Morgan fingerprint density at radius 1 is 0.974 bits per heavy atom. The molecule has 2 heterocycles. The summed E-state index contributed by atoms with van der Waals surface area (Å²) in [5.41, 5.74) is 2.44. The maximum atomic E-state index is 13.2. The van der Waals surface area contributed by atoms with E-state index in [1.807, 2.05) is 72.8 Å². The summed E-state index contributed by atoms with van der Waals surface area (Å²) in [6.07, 6.45) is -0.647. The van der Waals surface area contributed by atoms with E-state index in [0.29, 0.717) is 22.5 Å². The number of nitrogens with zero attached hydrogens (tertiary/aromatic N) is 2. The van der Waals surface area contributed by atoms with Crippen molar-refractivity contribution >= 4 is 17.7 Å².